The number of anilines is 1. The summed E-state index contributed by atoms with van der Waals surface area (Å²) in [6, 6.07) is 13.8. The fourth-order valence-corrected chi connectivity index (χ4v) is 4.81. The Labute approximate surface area is 175 Å². The monoisotopic (exact) mass is 441 g/mol. The molecule has 0 spiro atoms. The molecule has 2 aromatic carbocycles. The average Bonchev–Trinajstić information content (AvgIpc) is 2.68. The molecule has 2 aromatic rings. The molecule has 0 aliphatic carbocycles. The van der Waals surface area contributed by atoms with Crippen molar-refractivity contribution in [3.63, 3.8) is 0 Å². The number of halogens is 2. The van der Waals surface area contributed by atoms with E-state index in [0.29, 0.717) is 31.2 Å². The predicted octanol–water partition coefficient (Wildman–Crippen LogP) is 3.01. The molecule has 6 nitrogen and oxygen atoms in total. The number of nitrogens with zero attached hydrogens (tertiary/aromatic N) is 2. The van der Waals surface area contributed by atoms with Crippen LogP contribution in [0.4, 0.5) is 5.69 Å². The van der Waals surface area contributed by atoms with E-state index in [0.717, 1.165) is 5.69 Å². The molecule has 0 bridgehead atoms. The Morgan fingerprint density at radius 3 is 2.39 bits per heavy atom. The van der Waals surface area contributed by atoms with E-state index < -0.39 is 10.0 Å². The largest absolute Gasteiger partial charge is 0.368 e. The molecule has 1 saturated heterocycles. The second-order valence-corrected chi connectivity index (χ2v) is 9.00. The van der Waals surface area contributed by atoms with Gasteiger partial charge in [0.25, 0.3) is 0 Å². The van der Waals surface area contributed by atoms with Gasteiger partial charge in [0, 0.05) is 49.9 Å². The smallest absolute Gasteiger partial charge is 0.242 e. The van der Waals surface area contributed by atoms with Crippen LogP contribution in [0.5, 0.6) is 0 Å². The molecule has 0 saturated carbocycles. The first-order chi connectivity index (χ1) is 13.4. The van der Waals surface area contributed by atoms with Crippen molar-refractivity contribution < 1.29 is 13.2 Å². The third kappa shape index (κ3) is 5.17. The van der Waals surface area contributed by atoms with E-state index in [2.05, 4.69) is 9.62 Å². The van der Waals surface area contributed by atoms with Gasteiger partial charge < -0.3 is 9.80 Å². The molecule has 1 aliphatic rings. The van der Waals surface area contributed by atoms with Crippen molar-refractivity contribution in [2.45, 2.75) is 11.3 Å². The minimum Gasteiger partial charge on any atom is -0.368 e. The lowest BCUT2D eigenvalue weighted by molar-refractivity contribution is -0.131. The lowest BCUT2D eigenvalue weighted by atomic mass is 10.2. The van der Waals surface area contributed by atoms with Crippen LogP contribution < -0.4 is 9.62 Å². The maximum absolute atomic E-state index is 12.4. The van der Waals surface area contributed by atoms with Crippen LogP contribution in [-0.2, 0) is 14.8 Å². The number of hydrogen-bond donors (Lipinski definition) is 1. The van der Waals surface area contributed by atoms with Gasteiger partial charge in [0.15, 0.2) is 0 Å². The first-order valence-electron chi connectivity index (χ1n) is 8.89. The van der Waals surface area contributed by atoms with Gasteiger partial charge in [0.1, 0.15) is 4.90 Å². The molecule has 1 amide bonds. The Morgan fingerprint density at radius 1 is 1.00 bits per heavy atom. The summed E-state index contributed by atoms with van der Waals surface area (Å²) in [6.45, 7) is 2.61. The third-order valence-corrected chi connectivity index (χ3v) is 6.76. The minimum atomic E-state index is -3.74. The molecule has 9 heteroatoms. The van der Waals surface area contributed by atoms with E-state index in [1.807, 2.05) is 24.3 Å². The predicted molar refractivity (Wildman–Crippen MR) is 112 cm³/mol. The van der Waals surface area contributed by atoms with Gasteiger partial charge >= 0.3 is 0 Å². The van der Waals surface area contributed by atoms with Crippen LogP contribution in [0.25, 0.3) is 0 Å². The first-order valence-corrected chi connectivity index (χ1v) is 11.1. The van der Waals surface area contributed by atoms with Crippen molar-refractivity contribution >= 4 is 44.8 Å². The Morgan fingerprint density at radius 2 is 1.71 bits per heavy atom. The van der Waals surface area contributed by atoms with Crippen LogP contribution >= 0.6 is 23.2 Å². The molecule has 1 heterocycles. The zero-order valence-corrected chi connectivity index (χ0v) is 17.5. The summed E-state index contributed by atoms with van der Waals surface area (Å²) in [6.07, 6.45) is 0.0981. The lowest BCUT2D eigenvalue weighted by Gasteiger charge is -2.36. The summed E-state index contributed by atoms with van der Waals surface area (Å²) in [5, 5.41) is 0.834. The molecule has 1 aliphatic heterocycles. The van der Waals surface area contributed by atoms with Crippen molar-refractivity contribution in [3.8, 4) is 0 Å². The lowest BCUT2D eigenvalue weighted by Crippen LogP contribution is -2.49. The number of benzene rings is 2. The Hall–Kier alpha value is -1.80. The van der Waals surface area contributed by atoms with Crippen LogP contribution in [0, 0.1) is 0 Å². The Kier molecular flexibility index (Phi) is 6.82. The van der Waals surface area contributed by atoms with E-state index >= 15 is 0 Å². The number of nitrogens with one attached hydrogen (secondary N) is 1. The Bertz CT molecular complexity index is 945. The molecule has 0 unspecified atom stereocenters. The van der Waals surface area contributed by atoms with Crippen LogP contribution in [0.2, 0.25) is 10.0 Å². The minimum absolute atomic E-state index is 0.0132. The molecule has 150 valence electrons. The molecule has 0 atom stereocenters. The van der Waals surface area contributed by atoms with Crippen LogP contribution in [0.15, 0.2) is 53.4 Å². The number of piperazine rings is 1. The molecule has 1 N–H and O–H groups in total. The topological polar surface area (TPSA) is 69.7 Å². The fraction of sp³-hybridized carbons (Fsp3) is 0.316. The van der Waals surface area contributed by atoms with E-state index in [-0.39, 0.29) is 28.8 Å². The van der Waals surface area contributed by atoms with E-state index in [1.54, 1.807) is 17.0 Å². The van der Waals surface area contributed by atoms with Crippen molar-refractivity contribution in [1.29, 1.82) is 0 Å². The van der Waals surface area contributed by atoms with Crippen LogP contribution in [0.1, 0.15) is 6.42 Å². The number of carbonyl (C=O) groups excluding carboxylic acids is 1. The zero-order chi connectivity index (χ0) is 20.1. The second-order valence-electron chi connectivity index (χ2n) is 6.43. The quantitative estimate of drug-likeness (QED) is 0.747. The summed E-state index contributed by atoms with van der Waals surface area (Å²) in [4.78, 5) is 16.4. The highest BCUT2D eigenvalue weighted by atomic mass is 35.5. The highest BCUT2D eigenvalue weighted by Crippen LogP contribution is 2.21. The van der Waals surface area contributed by atoms with Gasteiger partial charge in [-0.15, -0.1) is 0 Å². The van der Waals surface area contributed by atoms with Crippen LogP contribution in [-0.4, -0.2) is 51.9 Å². The molecular weight excluding hydrogens is 421 g/mol. The van der Waals surface area contributed by atoms with E-state index in [9.17, 15) is 13.2 Å². The van der Waals surface area contributed by atoms with Gasteiger partial charge in [-0.2, -0.15) is 0 Å². The van der Waals surface area contributed by atoms with Gasteiger partial charge in [0.05, 0.1) is 5.02 Å². The molecule has 0 aromatic heterocycles. The molecule has 28 heavy (non-hydrogen) atoms. The standard InChI is InChI=1S/C19H21Cl2N3O3S/c20-15-4-3-5-16(14-15)23-10-12-24(13-11-23)19(25)8-9-22-28(26,27)18-7-2-1-6-17(18)21/h1-7,14,22H,8-13H2. The number of sulfonamides is 1. The maximum Gasteiger partial charge on any atom is 0.242 e. The molecular formula is C19H21Cl2N3O3S. The number of hydrogen-bond acceptors (Lipinski definition) is 4. The van der Waals surface area contributed by atoms with E-state index in [1.165, 1.54) is 12.1 Å². The van der Waals surface area contributed by atoms with Crippen molar-refractivity contribution in [2.75, 3.05) is 37.6 Å². The van der Waals surface area contributed by atoms with Crippen LogP contribution in [0.3, 0.4) is 0 Å². The summed E-state index contributed by atoms with van der Waals surface area (Å²) in [7, 11) is -3.74. The van der Waals surface area contributed by atoms with E-state index in [4.69, 9.17) is 23.2 Å². The summed E-state index contributed by atoms with van der Waals surface area (Å²) in [5.74, 6) is -0.0763. The highest BCUT2D eigenvalue weighted by molar-refractivity contribution is 7.89. The number of carbonyl (C=O) groups is 1. The Balaban J connectivity index is 1.48. The summed E-state index contributed by atoms with van der Waals surface area (Å²) < 4.78 is 27.0. The molecule has 0 radical (unpaired) electrons. The first kappa shape index (κ1) is 20.9. The molecule has 1 fully saturated rings. The van der Waals surface area contributed by atoms with Gasteiger partial charge in [-0.1, -0.05) is 41.4 Å². The second kappa shape index (κ2) is 9.13. The third-order valence-electron chi connectivity index (χ3n) is 4.56. The van der Waals surface area contributed by atoms with Gasteiger partial charge in [-0.05, 0) is 30.3 Å². The SMILES string of the molecule is O=C(CCNS(=O)(=O)c1ccccc1Cl)N1CCN(c2cccc(Cl)c2)CC1. The maximum atomic E-state index is 12.4. The summed E-state index contributed by atoms with van der Waals surface area (Å²) in [5.41, 5.74) is 1.03. The fourth-order valence-electron chi connectivity index (χ4n) is 3.08. The average molecular weight is 442 g/mol. The molecule has 3 rings (SSSR count). The number of rotatable bonds is 6. The van der Waals surface area contributed by atoms with Crippen molar-refractivity contribution in [1.82, 2.24) is 9.62 Å². The van der Waals surface area contributed by atoms with Gasteiger partial charge in [-0.25, -0.2) is 13.1 Å². The van der Waals surface area contributed by atoms with Gasteiger partial charge in [0.2, 0.25) is 15.9 Å². The van der Waals surface area contributed by atoms with Gasteiger partial charge in [-0.3, -0.25) is 4.79 Å². The zero-order valence-electron chi connectivity index (χ0n) is 15.1. The summed E-state index contributed by atoms with van der Waals surface area (Å²) >= 11 is 12.0. The highest BCUT2D eigenvalue weighted by Gasteiger charge is 2.22. The van der Waals surface area contributed by atoms with Crippen molar-refractivity contribution in [3.05, 3.63) is 58.6 Å². The normalized spacial score (nSPS) is 14.9. The van der Waals surface area contributed by atoms with Crippen molar-refractivity contribution in [2.24, 2.45) is 0 Å². The number of amides is 1.